The molecule has 2 saturated carbocycles. The Hall–Kier alpha value is -3.30. The minimum atomic E-state index is -0.0273. The number of benzene rings is 2. The Kier molecular flexibility index (Phi) is 12.7. The number of ether oxygens (including phenoxy) is 1. The van der Waals surface area contributed by atoms with Gasteiger partial charge in [0.2, 0.25) is 0 Å². The van der Waals surface area contributed by atoms with Gasteiger partial charge >= 0.3 is 0 Å². The first-order valence-electron chi connectivity index (χ1n) is 19.8. The molecule has 2 unspecified atom stereocenters. The van der Waals surface area contributed by atoms with Crippen molar-refractivity contribution in [2.24, 2.45) is 23.7 Å². The quantitative estimate of drug-likeness (QED) is 0.135. The van der Waals surface area contributed by atoms with E-state index in [4.69, 9.17) is 14.7 Å². The van der Waals surface area contributed by atoms with Gasteiger partial charge in [-0.1, -0.05) is 140 Å². The van der Waals surface area contributed by atoms with E-state index in [1.54, 1.807) is 0 Å². The number of aryl methyl sites for hydroxylation is 2. The van der Waals surface area contributed by atoms with E-state index in [2.05, 4.69) is 113 Å². The molecule has 0 aliphatic heterocycles. The van der Waals surface area contributed by atoms with Gasteiger partial charge in [0.25, 0.3) is 0 Å². The zero-order valence-corrected chi connectivity index (χ0v) is 30.7. The van der Waals surface area contributed by atoms with Crippen molar-refractivity contribution >= 4 is 0 Å². The van der Waals surface area contributed by atoms with Crippen molar-refractivity contribution in [1.29, 1.82) is 0 Å². The Morgan fingerprint density at radius 1 is 0.490 bits per heavy atom. The summed E-state index contributed by atoms with van der Waals surface area (Å²) in [5.74, 6) is 2.67. The maximum atomic E-state index is 7.52. The van der Waals surface area contributed by atoms with Crippen LogP contribution in [-0.4, -0.2) is 9.97 Å². The molecule has 0 bridgehead atoms. The van der Waals surface area contributed by atoms with E-state index in [1.807, 2.05) is 0 Å². The Bertz CT molecular complexity index is 1410. The first-order chi connectivity index (χ1) is 24.1. The van der Waals surface area contributed by atoms with E-state index < -0.39 is 0 Å². The molecule has 3 nitrogen and oxygen atoms in total. The number of aromatic nitrogens is 2. The summed E-state index contributed by atoms with van der Waals surface area (Å²) < 4.78 is 7.52. The van der Waals surface area contributed by atoms with Gasteiger partial charge in [0.1, 0.15) is 12.2 Å². The molecule has 0 saturated heterocycles. The highest BCUT2D eigenvalue weighted by atomic mass is 16.5. The van der Waals surface area contributed by atoms with Crippen LogP contribution in [0, 0.1) is 23.7 Å². The van der Waals surface area contributed by atoms with Gasteiger partial charge in [-0.25, -0.2) is 0 Å². The predicted octanol–water partition coefficient (Wildman–Crippen LogP) is 12.9. The largest absolute Gasteiger partial charge is 0.362 e. The molecule has 2 aromatic carbocycles. The summed E-state index contributed by atoms with van der Waals surface area (Å²) in [4.78, 5) is 10.4. The van der Waals surface area contributed by atoms with Gasteiger partial charge in [-0.3, -0.25) is 9.97 Å². The molecule has 0 radical (unpaired) electrons. The SMILES string of the molecule is CCCC1CCC(C(OC(c2ccc(-c3ccc(CC)cc3)cn2)C2CCC(CCC)CC2)c2ccc(-c3ccc(CC)cc3)cn2)CC1. The normalized spacial score (nSPS) is 22.4. The maximum Gasteiger partial charge on any atom is 0.103 e. The summed E-state index contributed by atoms with van der Waals surface area (Å²) in [6.45, 7) is 9.08. The van der Waals surface area contributed by atoms with Crippen LogP contribution in [0.2, 0.25) is 0 Å². The molecule has 4 aromatic rings. The Balaban J connectivity index is 1.30. The van der Waals surface area contributed by atoms with E-state index in [0.717, 1.165) is 36.1 Å². The minimum Gasteiger partial charge on any atom is -0.362 e. The van der Waals surface area contributed by atoms with Crippen LogP contribution in [0.1, 0.15) is 139 Å². The summed E-state index contributed by atoms with van der Waals surface area (Å²) in [5, 5.41) is 0. The van der Waals surface area contributed by atoms with E-state index in [0.29, 0.717) is 11.8 Å². The number of hydrogen-bond donors (Lipinski definition) is 0. The highest BCUT2D eigenvalue weighted by Crippen LogP contribution is 2.46. The highest BCUT2D eigenvalue weighted by molar-refractivity contribution is 5.63. The van der Waals surface area contributed by atoms with Crippen molar-refractivity contribution in [2.75, 3.05) is 0 Å². The van der Waals surface area contributed by atoms with Gasteiger partial charge in [-0.05, 0) is 96.6 Å². The molecule has 2 heterocycles. The summed E-state index contributed by atoms with van der Waals surface area (Å²) >= 11 is 0. The van der Waals surface area contributed by atoms with E-state index in [-0.39, 0.29) is 12.2 Å². The molecule has 2 fully saturated rings. The van der Waals surface area contributed by atoms with Crippen LogP contribution in [0.3, 0.4) is 0 Å². The topological polar surface area (TPSA) is 35.0 Å². The summed E-state index contributed by atoms with van der Waals surface area (Å²) in [6, 6.07) is 26.9. The predicted molar refractivity (Wildman–Crippen MR) is 205 cm³/mol. The Labute approximate surface area is 297 Å². The fourth-order valence-corrected chi connectivity index (χ4v) is 8.73. The summed E-state index contributed by atoms with van der Waals surface area (Å²) in [6.07, 6.45) is 21.6. The standard InChI is InChI=1S/C46H60N2O/c1-5-9-35-15-23-39(24-16-35)45(43-29-27-41(31-47-43)37-19-11-33(7-3)12-20-37)49-46(40-25-17-36(10-6-2)18-26-40)44-30-28-42(32-48-44)38-21-13-34(8-4)14-22-38/h11-14,19-22,27-32,35-36,39-40,45-46H,5-10,15-18,23-26H2,1-4H3. The van der Waals surface area contributed by atoms with Crippen molar-refractivity contribution in [3.05, 3.63) is 108 Å². The lowest BCUT2D eigenvalue weighted by Gasteiger charge is -2.39. The maximum absolute atomic E-state index is 7.52. The Morgan fingerprint density at radius 2 is 0.857 bits per heavy atom. The Morgan fingerprint density at radius 3 is 1.16 bits per heavy atom. The lowest BCUT2D eigenvalue weighted by Crippen LogP contribution is -2.29. The van der Waals surface area contributed by atoms with Gasteiger partial charge in [0.15, 0.2) is 0 Å². The minimum absolute atomic E-state index is 0.0273. The number of pyridine rings is 2. The zero-order chi connectivity index (χ0) is 34.0. The van der Waals surface area contributed by atoms with Crippen molar-refractivity contribution in [2.45, 2.75) is 130 Å². The van der Waals surface area contributed by atoms with Crippen LogP contribution < -0.4 is 0 Å². The van der Waals surface area contributed by atoms with Gasteiger partial charge in [-0.2, -0.15) is 0 Å². The van der Waals surface area contributed by atoms with Crippen LogP contribution >= 0.6 is 0 Å². The smallest absolute Gasteiger partial charge is 0.103 e. The highest BCUT2D eigenvalue weighted by Gasteiger charge is 2.36. The van der Waals surface area contributed by atoms with Crippen LogP contribution in [0.5, 0.6) is 0 Å². The lowest BCUT2D eigenvalue weighted by atomic mass is 9.75. The average molecular weight is 657 g/mol. The second-order valence-electron chi connectivity index (χ2n) is 15.2. The lowest BCUT2D eigenvalue weighted by molar-refractivity contribution is -0.0942. The third kappa shape index (κ3) is 9.09. The molecule has 0 amide bonds. The first-order valence-corrected chi connectivity index (χ1v) is 19.8. The van der Waals surface area contributed by atoms with Crippen molar-refractivity contribution in [1.82, 2.24) is 9.97 Å². The molecule has 49 heavy (non-hydrogen) atoms. The molecule has 2 aliphatic carbocycles. The van der Waals surface area contributed by atoms with Crippen LogP contribution in [0.15, 0.2) is 85.2 Å². The second-order valence-corrected chi connectivity index (χ2v) is 15.2. The second kappa shape index (κ2) is 17.6. The first kappa shape index (κ1) is 35.5. The van der Waals surface area contributed by atoms with Gasteiger partial charge in [-0.15, -0.1) is 0 Å². The van der Waals surface area contributed by atoms with E-state index in [9.17, 15) is 0 Å². The molecule has 0 spiro atoms. The third-order valence-electron chi connectivity index (χ3n) is 11.9. The molecule has 3 heteroatoms. The number of hydrogen-bond acceptors (Lipinski definition) is 3. The van der Waals surface area contributed by atoms with Gasteiger partial charge in [0, 0.05) is 23.5 Å². The molecule has 2 aliphatic rings. The number of nitrogens with zero attached hydrogens (tertiary/aromatic N) is 2. The summed E-state index contributed by atoms with van der Waals surface area (Å²) in [7, 11) is 0. The fourth-order valence-electron chi connectivity index (χ4n) is 8.73. The van der Waals surface area contributed by atoms with Crippen molar-refractivity contribution in [3.8, 4) is 22.3 Å². The van der Waals surface area contributed by atoms with Crippen LogP contribution in [-0.2, 0) is 17.6 Å². The molecule has 6 rings (SSSR count). The fraction of sp³-hybridized carbons (Fsp3) is 0.522. The van der Waals surface area contributed by atoms with Gasteiger partial charge < -0.3 is 4.74 Å². The molecule has 0 N–H and O–H groups in total. The van der Waals surface area contributed by atoms with Crippen molar-refractivity contribution in [3.63, 3.8) is 0 Å². The number of rotatable bonds is 14. The molecule has 260 valence electrons. The van der Waals surface area contributed by atoms with E-state index in [1.165, 1.54) is 110 Å². The zero-order valence-electron chi connectivity index (χ0n) is 30.7. The van der Waals surface area contributed by atoms with E-state index >= 15 is 0 Å². The third-order valence-corrected chi connectivity index (χ3v) is 11.9. The van der Waals surface area contributed by atoms with Gasteiger partial charge in [0.05, 0.1) is 11.4 Å². The summed E-state index contributed by atoms with van der Waals surface area (Å²) in [5.41, 5.74) is 9.71. The van der Waals surface area contributed by atoms with Crippen LogP contribution in [0.4, 0.5) is 0 Å². The molecule has 2 atom stereocenters. The average Bonchev–Trinajstić information content (AvgIpc) is 3.17. The molecular weight excluding hydrogens is 597 g/mol. The monoisotopic (exact) mass is 656 g/mol. The van der Waals surface area contributed by atoms with Crippen LogP contribution in [0.25, 0.3) is 22.3 Å². The molecule has 2 aromatic heterocycles. The van der Waals surface area contributed by atoms with Crippen molar-refractivity contribution < 1.29 is 4.74 Å². The molecular formula is C46H60N2O.